The summed E-state index contributed by atoms with van der Waals surface area (Å²) in [7, 11) is 1.73. The molecule has 0 spiro atoms. The molecule has 0 radical (unpaired) electrons. The maximum Gasteiger partial charge on any atom is 0.416 e. The highest BCUT2D eigenvalue weighted by Crippen LogP contribution is 2.30. The minimum atomic E-state index is -4.45. The van der Waals surface area contributed by atoms with Crippen LogP contribution in [0.25, 0.3) is 17.1 Å². The number of aryl methyl sites for hydroxylation is 2. The number of benzene rings is 2. The summed E-state index contributed by atoms with van der Waals surface area (Å²) in [6.45, 7) is 1.89. The molecule has 2 aromatic heterocycles. The maximum atomic E-state index is 12.9. The molecule has 1 amide bonds. The Kier molecular flexibility index (Phi) is 6.25. The van der Waals surface area contributed by atoms with Gasteiger partial charge in [0, 0.05) is 30.7 Å². The Bertz CT molecular complexity index is 1410. The van der Waals surface area contributed by atoms with Crippen LogP contribution in [0.1, 0.15) is 16.7 Å². The van der Waals surface area contributed by atoms with Gasteiger partial charge in [0.05, 0.1) is 10.9 Å². The molecule has 2 N–H and O–H groups in total. The Hall–Kier alpha value is -3.92. The van der Waals surface area contributed by atoms with Crippen molar-refractivity contribution in [2.24, 2.45) is 7.05 Å². The van der Waals surface area contributed by atoms with Crippen LogP contribution >= 0.6 is 11.6 Å². The maximum absolute atomic E-state index is 12.9. The van der Waals surface area contributed by atoms with Crippen molar-refractivity contribution in [1.29, 1.82) is 0 Å². The van der Waals surface area contributed by atoms with Crippen LogP contribution in [-0.2, 0) is 18.0 Å². The number of aromatic nitrogens is 4. The van der Waals surface area contributed by atoms with Gasteiger partial charge in [0.15, 0.2) is 11.5 Å². The topological polar surface area (TPSA) is 84.7 Å². The van der Waals surface area contributed by atoms with Crippen molar-refractivity contribution in [2.45, 2.75) is 13.1 Å². The molecule has 2 heterocycles. The number of carbonyl (C=O) groups excluding carboxylic acids is 1. The van der Waals surface area contributed by atoms with E-state index in [0.717, 1.165) is 17.7 Å². The van der Waals surface area contributed by atoms with Gasteiger partial charge in [-0.25, -0.2) is 9.67 Å². The molecule has 0 saturated carbocycles. The fraction of sp³-hybridized carbons (Fsp3) is 0.130. The van der Waals surface area contributed by atoms with Crippen LogP contribution < -0.4 is 10.6 Å². The molecule has 0 aliphatic rings. The van der Waals surface area contributed by atoms with Crippen LogP contribution in [0.3, 0.4) is 0 Å². The number of carbonyl (C=O) groups is 1. The molecule has 4 aromatic rings. The number of hydrogen-bond donors (Lipinski definition) is 2. The third-order valence-electron chi connectivity index (χ3n) is 4.95. The van der Waals surface area contributed by atoms with Crippen molar-refractivity contribution in [1.82, 2.24) is 19.7 Å². The predicted octanol–water partition coefficient (Wildman–Crippen LogP) is 5.74. The molecule has 34 heavy (non-hydrogen) atoms. The smallest absolute Gasteiger partial charge is 0.338 e. The van der Waals surface area contributed by atoms with Gasteiger partial charge in [0.1, 0.15) is 0 Å². The van der Waals surface area contributed by atoms with E-state index in [1.54, 1.807) is 30.1 Å². The number of amides is 1. The third kappa shape index (κ3) is 5.18. The monoisotopic (exact) mass is 486 g/mol. The Morgan fingerprint density at radius 2 is 1.97 bits per heavy atom. The number of rotatable bonds is 5. The van der Waals surface area contributed by atoms with Gasteiger partial charge in [-0.1, -0.05) is 18.2 Å². The molecule has 11 heteroatoms. The summed E-state index contributed by atoms with van der Waals surface area (Å²) in [5.41, 5.74) is 2.12. The number of fused-ring (bicyclic) bond motifs is 1. The van der Waals surface area contributed by atoms with Crippen LogP contribution in [0.5, 0.6) is 0 Å². The SMILES string of the molecule is Cc1ccc(NC(=O)/C=C/c2cccc(C(F)(F)F)c2)cc1Nc1nn(C)c2nc(Cl)ncc12. The standard InChI is InChI=1S/C23H18ClF3N6O/c1-13-6-8-16(29-19(34)9-7-14-4-3-5-15(10-14)23(25,26)27)11-18(13)30-20-17-12-28-22(24)31-21(17)33(2)32-20/h3-12H,1-2H3,(H,29,34)(H,30,32)/b9-7+. The Morgan fingerprint density at radius 1 is 1.18 bits per heavy atom. The van der Waals surface area contributed by atoms with E-state index >= 15 is 0 Å². The van der Waals surface area contributed by atoms with Gasteiger partial charge in [-0.15, -0.1) is 0 Å². The van der Waals surface area contributed by atoms with Gasteiger partial charge in [0.2, 0.25) is 11.2 Å². The molecule has 0 unspecified atom stereocenters. The van der Waals surface area contributed by atoms with E-state index in [2.05, 4.69) is 25.7 Å². The lowest BCUT2D eigenvalue weighted by Crippen LogP contribution is -2.08. The summed E-state index contributed by atoms with van der Waals surface area (Å²) >= 11 is 5.87. The van der Waals surface area contributed by atoms with Gasteiger partial charge >= 0.3 is 6.18 Å². The molecule has 0 atom stereocenters. The fourth-order valence-electron chi connectivity index (χ4n) is 3.25. The van der Waals surface area contributed by atoms with Gasteiger partial charge in [-0.2, -0.15) is 23.3 Å². The average molecular weight is 487 g/mol. The first-order valence-electron chi connectivity index (χ1n) is 9.99. The molecule has 0 aliphatic carbocycles. The van der Waals surface area contributed by atoms with Crippen LogP contribution in [0.2, 0.25) is 5.28 Å². The zero-order chi connectivity index (χ0) is 24.5. The Morgan fingerprint density at radius 3 is 2.74 bits per heavy atom. The van der Waals surface area contributed by atoms with Crippen molar-refractivity contribution in [3.05, 3.63) is 76.7 Å². The molecule has 4 rings (SSSR count). The van der Waals surface area contributed by atoms with E-state index < -0.39 is 17.6 Å². The van der Waals surface area contributed by atoms with Crippen molar-refractivity contribution in [3.63, 3.8) is 0 Å². The van der Waals surface area contributed by atoms with Gasteiger partial charge in [-0.05, 0) is 60.0 Å². The molecular weight excluding hydrogens is 469 g/mol. The summed E-state index contributed by atoms with van der Waals surface area (Å²) in [6, 6.07) is 9.99. The second kappa shape index (κ2) is 9.14. The van der Waals surface area contributed by atoms with E-state index in [1.807, 2.05) is 13.0 Å². The summed E-state index contributed by atoms with van der Waals surface area (Å²) in [4.78, 5) is 20.5. The zero-order valence-electron chi connectivity index (χ0n) is 18.0. The molecule has 2 aromatic carbocycles. The molecule has 0 bridgehead atoms. The second-order valence-corrected chi connectivity index (χ2v) is 7.79. The largest absolute Gasteiger partial charge is 0.416 e. The van der Waals surface area contributed by atoms with E-state index in [1.165, 1.54) is 24.3 Å². The van der Waals surface area contributed by atoms with Crippen molar-refractivity contribution in [3.8, 4) is 0 Å². The van der Waals surface area contributed by atoms with Crippen molar-refractivity contribution in [2.75, 3.05) is 10.6 Å². The normalized spacial score (nSPS) is 11.8. The summed E-state index contributed by atoms with van der Waals surface area (Å²) in [5, 5.41) is 11.1. The highest BCUT2D eigenvalue weighted by molar-refractivity contribution is 6.28. The van der Waals surface area contributed by atoms with Crippen LogP contribution in [0, 0.1) is 6.92 Å². The fourth-order valence-corrected chi connectivity index (χ4v) is 3.37. The first-order valence-corrected chi connectivity index (χ1v) is 10.4. The highest BCUT2D eigenvalue weighted by atomic mass is 35.5. The predicted molar refractivity (Wildman–Crippen MR) is 125 cm³/mol. The van der Waals surface area contributed by atoms with E-state index in [9.17, 15) is 18.0 Å². The molecular formula is C23H18ClF3N6O. The minimum Gasteiger partial charge on any atom is -0.338 e. The number of anilines is 3. The molecule has 0 fully saturated rings. The molecule has 0 saturated heterocycles. The van der Waals surface area contributed by atoms with E-state index in [-0.39, 0.29) is 10.8 Å². The quantitative estimate of drug-likeness (QED) is 0.277. The summed E-state index contributed by atoms with van der Waals surface area (Å²) in [6.07, 6.45) is -0.382. The van der Waals surface area contributed by atoms with Gasteiger partial charge < -0.3 is 10.6 Å². The van der Waals surface area contributed by atoms with Crippen LogP contribution in [0.4, 0.5) is 30.4 Å². The average Bonchev–Trinajstić information content (AvgIpc) is 3.08. The minimum absolute atomic E-state index is 0.112. The van der Waals surface area contributed by atoms with Crippen molar-refractivity contribution >= 4 is 51.8 Å². The zero-order valence-corrected chi connectivity index (χ0v) is 18.7. The Labute approximate surface area is 197 Å². The van der Waals surface area contributed by atoms with E-state index in [0.29, 0.717) is 28.2 Å². The van der Waals surface area contributed by atoms with Gasteiger partial charge in [0.25, 0.3) is 0 Å². The van der Waals surface area contributed by atoms with E-state index in [4.69, 9.17) is 11.6 Å². The number of halogens is 4. The number of nitrogens with one attached hydrogen (secondary N) is 2. The highest BCUT2D eigenvalue weighted by Gasteiger charge is 2.30. The first kappa shape index (κ1) is 23.2. The number of nitrogens with zero attached hydrogens (tertiary/aromatic N) is 4. The summed E-state index contributed by atoms with van der Waals surface area (Å²) < 4.78 is 40.1. The lowest BCUT2D eigenvalue weighted by molar-refractivity contribution is -0.137. The lowest BCUT2D eigenvalue weighted by Gasteiger charge is -2.10. The first-order chi connectivity index (χ1) is 16.1. The van der Waals surface area contributed by atoms with Gasteiger partial charge in [-0.3, -0.25) is 4.79 Å². The van der Waals surface area contributed by atoms with Crippen LogP contribution in [-0.4, -0.2) is 25.7 Å². The number of hydrogen-bond acceptors (Lipinski definition) is 5. The molecule has 0 aliphatic heterocycles. The Balaban J connectivity index is 1.51. The van der Waals surface area contributed by atoms with Crippen molar-refractivity contribution < 1.29 is 18.0 Å². The third-order valence-corrected chi connectivity index (χ3v) is 5.13. The summed E-state index contributed by atoms with van der Waals surface area (Å²) in [5.74, 6) is 0.0312. The molecule has 7 nitrogen and oxygen atoms in total. The second-order valence-electron chi connectivity index (χ2n) is 7.45. The molecule has 174 valence electrons. The lowest BCUT2D eigenvalue weighted by atomic mass is 10.1. The number of alkyl halides is 3. The van der Waals surface area contributed by atoms with Crippen LogP contribution in [0.15, 0.2) is 54.7 Å².